The molecule has 4 aromatic rings. The molecule has 0 fully saturated rings. The maximum absolute atomic E-state index is 7.63. The Balaban J connectivity index is 1.48. The lowest BCUT2D eigenvalue weighted by Crippen LogP contribution is -2.57. The summed E-state index contributed by atoms with van der Waals surface area (Å²) < 4.78 is 7.63. The van der Waals surface area contributed by atoms with E-state index in [1.165, 1.54) is 11.1 Å². The van der Waals surface area contributed by atoms with Crippen molar-refractivity contribution >= 4 is 16.6 Å². The van der Waals surface area contributed by atoms with E-state index in [1.807, 2.05) is 24.3 Å². The molecule has 0 aliphatic heterocycles. The second-order valence-electron chi connectivity index (χ2n) is 13.7. The molecule has 2 atom stereocenters. The number of hydrogen-bond acceptors (Lipinski definition) is 5. The molecule has 2 aromatic carbocycles. The van der Waals surface area contributed by atoms with Crippen LogP contribution in [0.3, 0.4) is 0 Å². The number of aryl methyl sites for hydroxylation is 2. The van der Waals surface area contributed by atoms with Gasteiger partial charge in [0.15, 0.2) is 16.6 Å². The van der Waals surface area contributed by atoms with Gasteiger partial charge in [-0.25, -0.2) is 0 Å². The first-order chi connectivity index (χ1) is 19.3. The predicted molar refractivity (Wildman–Crippen MR) is 176 cm³/mol. The molecule has 0 N–H and O–H groups in total. The molecular formula is C34H46N4OSi2. The van der Waals surface area contributed by atoms with Gasteiger partial charge in [0.25, 0.3) is 0 Å². The Bertz CT molecular complexity index is 1280. The van der Waals surface area contributed by atoms with Gasteiger partial charge in [0.2, 0.25) is 0 Å². The summed E-state index contributed by atoms with van der Waals surface area (Å²) in [7, 11) is -4.25. The summed E-state index contributed by atoms with van der Waals surface area (Å²) in [5.74, 6) is 0. The summed E-state index contributed by atoms with van der Waals surface area (Å²) in [5, 5.41) is 16.8. The lowest BCUT2D eigenvalue weighted by atomic mass is 10.1. The minimum absolute atomic E-state index is 0.129. The molecule has 0 aliphatic carbocycles. The Morgan fingerprint density at radius 3 is 1.22 bits per heavy atom. The van der Waals surface area contributed by atoms with Crippen LogP contribution in [0.2, 0.25) is 35.3 Å². The Kier molecular flexibility index (Phi) is 9.41. The fourth-order valence-corrected chi connectivity index (χ4v) is 15.3. The van der Waals surface area contributed by atoms with E-state index in [9.17, 15) is 0 Å². The minimum Gasteiger partial charge on any atom is -0.454 e. The average Bonchev–Trinajstić information content (AvgIpc) is 2.95. The summed E-state index contributed by atoms with van der Waals surface area (Å²) in [6.07, 6.45) is 5.47. The molecular weight excluding hydrogens is 537 g/mol. The molecule has 0 aliphatic rings. The third kappa shape index (κ3) is 7.64. The van der Waals surface area contributed by atoms with Crippen LogP contribution in [0.4, 0.5) is 0 Å². The lowest BCUT2D eigenvalue weighted by molar-refractivity contribution is 0.431. The Morgan fingerprint density at radius 1 is 0.561 bits per heavy atom. The molecule has 2 heterocycles. The Morgan fingerprint density at radius 2 is 0.927 bits per heavy atom. The highest BCUT2D eigenvalue weighted by Crippen LogP contribution is 2.48. The molecule has 5 nitrogen and oxygen atoms in total. The molecule has 4 rings (SSSR count). The van der Waals surface area contributed by atoms with Gasteiger partial charge < -0.3 is 4.12 Å². The third-order valence-electron chi connectivity index (χ3n) is 9.05. The maximum Gasteiger partial charge on any atom is 0.182 e. The van der Waals surface area contributed by atoms with Crippen LogP contribution in [-0.2, 0) is 17.0 Å². The van der Waals surface area contributed by atoms with Gasteiger partial charge in [-0.05, 0) is 83.5 Å². The van der Waals surface area contributed by atoms with Gasteiger partial charge in [0.05, 0.1) is 11.4 Å². The Labute approximate surface area is 249 Å². The van der Waals surface area contributed by atoms with Crippen LogP contribution in [0.15, 0.2) is 85.2 Å². The summed E-state index contributed by atoms with van der Waals surface area (Å²) in [6, 6.07) is 27.7. The quantitative estimate of drug-likeness (QED) is 0.174. The molecule has 0 saturated carbocycles. The van der Waals surface area contributed by atoms with Gasteiger partial charge in [-0.1, -0.05) is 90.1 Å². The maximum atomic E-state index is 7.63. The Hall–Kier alpha value is -3.01. The molecule has 2 unspecified atom stereocenters. The standard InChI is InChI=1S/C34H46N4OSi2/c1-33(2,3)40(7,25-21-27-13-17-29(18-14-27)31-11-9-23-35-37-31)39-41(8,34(4,5)6)26-22-28-15-19-30(20-16-28)32-12-10-24-36-38-32/h9-20,23-24H,21-22,25-26H2,1-8H3. The second kappa shape index (κ2) is 12.5. The highest BCUT2D eigenvalue weighted by Gasteiger charge is 2.51. The SMILES string of the molecule is CC(C)(C)[Si](C)(CCc1ccc(-c2cccnn2)cc1)O[Si](C)(CCc1ccc(-c2cccnn2)cc1)C(C)(C)C. The van der Waals surface area contributed by atoms with E-state index in [0.29, 0.717) is 0 Å². The molecule has 0 amide bonds. The highest BCUT2D eigenvalue weighted by atomic mass is 28.4. The van der Waals surface area contributed by atoms with Gasteiger partial charge in [-0.2, -0.15) is 20.4 Å². The second-order valence-corrected chi connectivity index (χ2v) is 23.4. The van der Waals surface area contributed by atoms with Crippen molar-refractivity contribution in [3.8, 4) is 22.5 Å². The summed E-state index contributed by atoms with van der Waals surface area (Å²) in [5.41, 5.74) is 6.73. The minimum atomic E-state index is -2.12. The number of aromatic nitrogens is 4. The molecule has 0 saturated heterocycles. The third-order valence-corrected chi connectivity index (χ3v) is 21.4. The van der Waals surface area contributed by atoms with Gasteiger partial charge >= 0.3 is 0 Å². The molecule has 2 aromatic heterocycles. The van der Waals surface area contributed by atoms with Gasteiger partial charge in [0.1, 0.15) is 0 Å². The summed E-state index contributed by atoms with van der Waals surface area (Å²) in [6.45, 7) is 19.3. The zero-order valence-electron chi connectivity index (χ0n) is 26.1. The fourth-order valence-electron chi connectivity index (χ4n) is 5.02. The fraction of sp³-hybridized carbons (Fsp3) is 0.412. The van der Waals surface area contributed by atoms with E-state index in [-0.39, 0.29) is 10.1 Å². The summed E-state index contributed by atoms with van der Waals surface area (Å²) >= 11 is 0. The molecule has 0 radical (unpaired) electrons. The van der Waals surface area contributed by atoms with E-state index in [0.717, 1.165) is 47.4 Å². The van der Waals surface area contributed by atoms with Crippen molar-refractivity contribution in [2.45, 2.75) is 89.6 Å². The van der Waals surface area contributed by atoms with Crippen molar-refractivity contribution < 1.29 is 4.12 Å². The molecule has 0 bridgehead atoms. The number of hydrogen-bond donors (Lipinski definition) is 0. The molecule has 0 spiro atoms. The van der Waals surface area contributed by atoms with Crippen molar-refractivity contribution in [2.24, 2.45) is 0 Å². The molecule has 41 heavy (non-hydrogen) atoms. The smallest absolute Gasteiger partial charge is 0.182 e. The van der Waals surface area contributed by atoms with Crippen LogP contribution < -0.4 is 0 Å². The lowest BCUT2D eigenvalue weighted by Gasteiger charge is -2.50. The van der Waals surface area contributed by atoms with Crippen molar-refractivity contribution in [1.82, 2.24) is 20.4 Å². The average molecular weight is 583 g/mol. The molecule has 216 valence electrons. The van der Waals surface area contributed by atoms with Gasteiger partial charge in [-0.15, -0.1) is 0 Å². The van der Waals surface area contributed by atoms with E-state index >= 15 is 0 Å². The van der Waals surface area contributed by atoms with Crippen LogP contribution in [0.5, 0.6) is 0 Å². The number of benzene rings is 2. The topological polar surface area (TPSA) is 60.8 Å². The van der Waals surface area contributed by atoms with Crippen LogP contribution in [0.25, 0.3) is 22.5 Å². The van der Waals surface area contributed by atoms with E-state index < -0.39 is 16.6 Å². The summed E-state index contributed by atoms with van der Waals surface area (Å²) in [4.78, 5) is 0. The van der Waals surface area contributed by atoms with E-state index in [4.69, 9.17) is 4.12 Å². The van der Waals surface area contributed by atoms with Crippen LogP contribution in [0, 0.1) is 0 Å². The monoisotopic (exact) mass is 582 g/mol. The molecule has 7 heteroatoms. The predicted octanol–water partition coefficient (Wildman–Crippen LogP) is 9.15. The number of nitrogens with zero attached hydrogens (tertiary/aromatic N) is 4. The van der Waals surface area contributed by atoms with Crippen molar-refractivity contribution in [3.05, 3.63) is 96.3 Å². The first kappa shape index (κ1) is 30.9. The van der Waals surface area contributed by atoms with E-state index in [1.54, 1.807) is 12.4 Å². The first-order valence-corrected chi connectivity index (χ1v) is 20.0. The zero-order chi connectivity index (χ0) is 29.7. The highest BCUT2D eigenvalue weighted by molar-refractivity contribution is 6.88. The normalized spacial score (nSPS) is 15.2. The zero-order valence-corrected chi connectivity index (χ0v) is 28.1. The van der Waals surface area contributed by atoms with Crippen molar-refractivity contribution in [1.29, 1.82) is 0 Å². The van der Waals surface area contributed by atoms with Gasteiger partial charge in [0, 0.05) is 23.5 Å². The van der Waals surface area contributed by atoms with Crippen LogP contribution in [-0.4, -0.2) is 37.0 Å². The number of rotatable bonds is 10. The van der Waals surface area contributed by atoms with Crippen molar-refractivity contribution in [2.75, 3.05) is 0 Å². The van der Waals surface area contributed by atoms with Gasteiger partial charge in [-0.3, -0.25) is 0 Å². The van der Waals surface area contributed by atoms with Crippen LogP contribution >= 0.6 is 0 Å². The van der Waals surface area contributed by atoms with E-state index in [2.05, 4.69) is 124 Å². The first-order valence-electron chi connectivity index (χ1n) is 14.7. The van der Waals surface area contributed by atoms with Crippen molar-refractivity contribution in [3.63, 3.8) is 0 Å². The largest absolute Gasteiger partial charge is 0.454 e. The van der Waals surface area contributed by atoms with Crippen LogP contribution in [0.1, 0.15) is 52.7 Å².